The van der Waals surface area contributed by atoms with Crippen LogP contribution in [0.3, 0.4) is 0 Å². The molecule has 4 N–H and O–H groups in total. The van der Waals surface area contributed by atoms with Gasteiger partial charge >= 0.3 is 0 Å². The smallest absolute Gasteiger partial charge is 0.0315 e. The number of hydrogen-bond acceptors (Lipinski definition) is 2. The van der Waals surface area contributed by atoms with E-state index in [0.29, 0.717) is 0 Å². The molecule has 2 fully saturated rings. The van der Waals surface area contributed by atoms with E-state index in [2.05, 4.69) is 0 Å². The summed E-state index contributed by atoms with van der Waals surface area (Å²) in [5.74, 6) is 2.28. The van der Waals surface area contributed by atoms with Gasteiger partial charge in [-0.1, -0.05) is 64.2 Å². The molecular weight excluding hydrogens is 244 g/mol. The van der Waals surface area contributed by atoms with Crippen LogP contribution in [0, 0.1) is 11.8 Å². The summed E-state index contributed by atoms with van der Waals surface area (Å²) in [5, 5.41) is 0. The Hall–Kier alpha value is -1.18. The van der Waals surface area contributed by atoms with E-state index in [4.69, 9.17) is 11.5 Å². The molecule has 2 heteroatoms. The molecule has 0 amide bonds. The molecule has 0 unspecified atom stereocenters. The fourth-order valence-electron chi connectivity index (χ4n) is 3.71. The lowest BCUT2D eigenvalue weighted by Crippen LogP contribution is -2.20. The minimum Gasteiger partial charge on any atom is -0.399 e. The number of anilines is 2. The van der Waals surface area contributed by atoms with Crippen molar-refractivity contribution >= 4 is 11.4 Å². The van der Waals surface area contributed by atoms with Crippen molar-refractivity contribution in [3.8, 4) is 0 Å². The fraction of sp³-hybridized carbons (Fsp3) is 0.667. The molecule has 0 heterocycles. The third kappa shape index (κ3) is 5.07. The molecule has 1 aromatic carbocycles. The fourth-order valence-corrected chi connectivity index (χ4v) is 3.71. The zero-order valence-corrected chi connectivity index (χ0v) is 12.7. The van der Waals surface area contributed by atoms with Crippen molar-refractivity contribution in [2.24, 2.45) is 11.8 Å². The predicted molar refractivity (Wildman–Crippen MR) is 88.4 cm³/mol. The van der Waals surface area contributed by atoms with E-state index < -0.39 is 0 Å². The molecule has 1 aromatic rings. The van der Waals surface area contributed by atoms with Gasteiger partial charge in [-0.15, -0.1) is 0 Å². The molecule has 2 nitrogen and oxygen atoms in total. The van der Waals surface area contributed by atoms with Crippen LogP contribution < -0.4 is 11.5 Å². The van der Waals surface area contributed by atoms with Crippen molar-refractivity contribution in [1.29, 1.82) is 0 Å². The van der Waals surface area contributed by atoms with Gasteiger partial charge in [0.15, 0.2) is 0 Å². The largest absolute Gasteiger partial charge is 0.399 e. The van der Waals surface area contributed by atoms with E-state index in [1.807, 2.05) is 0 Å². The van der Waals surface area contributed by atoms with Gasteiger partial charge in [-0.2, -0.15) is 0 Å². The van der Waals surface area contributed by atoms with Crippen LogP contribution in [-0.4, -0.2) is 0 Å². The Morgan fingerprint density at radius 3 is 1.15 bits per heavy atom. The van der Waals surface area contributed by atoms with E-state index in [1.165, 1.54) is 38.5 Å². The predicted octanol–water partition coefficient (Wildman–Crippen LogP) is 5.00. The summed E-state index contributed by atoms with van der Waals surface area (Å²) in [4.78, 5) is 0. The lowest BCUT2D eigenvalue weighted by atomic mass is 9.73. The van der Waals surface area contributed by atoms with Gasteiger partial charge in [-0.25, -0.2) is 0 Å². The van der Waals surface area contributed by atoms with Crippen LogP contribution in [0.15, 0.2) is 24.3 Å². The van der Waals surface area contributed by atoms with E-state index in [1.54, 1.807) is 49.9 Å². The molecule has 0 aromatic heterocycles. The molecule has 0 bridgehead atoms. The molecule has 20 heavy (non-hydrogen) atoms. The van der Waals surface area contributed by atoms with Crippen molar-refractivity contribution in [2.45, 2.75) is 64.2 Å². The minimum absolute atomic E-state index is 0.749. The summed E-state index contributed by atoms with van der Waals surface area (Å²) in [6, 6.07) is 7.09. The van der Waals surface area contributed by atoms with Crippen molar-refractivity contribution in [2.75, 3.05) is 11.5 Å². The highest BCUT2D eigenvalue weighted by molar-refractivity contribution is 5.47. The lowest BCUT2D eigenvalue weighted by Gasteiger charge is -2.32. The van der Waals surface area contributed by atoms with Gasteiger partial charge < -0.3 is 11.5 Å². The first-order valence-corrected chi connectivity index (χ1v) is 8.37. The summed E-state index contributed by atoms with van der Waals surface area (Å²) in [7, 11) is 0. The molecule has 0 saturated heterocycles. The Balaban J connectivity index is 0.000000160. The Kier molecular flexibility index (Phi) is 6.23. The van der Waals surface area contributed by atoms with Gasteiger partial charge in [0.05, 0.1) is 0 Å². The molecule has 0 atom stereocenters. The highest BCUT2D eigenvalue weighted by Crippen LogP contribution is 2.37. The van der Waals surface area contributed by atoms with Gasteiger partial charge in [0.2, 0.25) is 0 Å². The normalized spacial score (nSPS) is 21.0. The van der Waals surface area contributed by atoms with E-state index >= 15 is 0 Å². The van der Waals surface area contributed by atoms with Crippen LogP contribution in [0.2, 0.25) is 0 Å². The SMILES string of the molecule is C1CCC(C2CCCCC2)CC1.Nc1ccc(N)cc1. The summed E-state index contributed by atoms with van der Waals surface area (Å²) < 4.78 is 0. The second kappa shape index (κ2) is 8.18. The average molecular weight is 274 g/mol. The van der Waals surface area contributed by atoms with Crippen molar-refractivity contribution in [1.82, 2.24) is 0 Å². The maximum Gasteiger partial charge on any atom is 0.0315 e. The summed E-state index contributed by atoms with van der Waals surface area (Å²) in [5.41, 5.74) is 12.2. The topological polar surface area (TPSA) is 52.0 Å². The molecule has 3 rings (SSSR count). The summed E-state index contributed by atoms with van der Waals surface area (Å²) in [6.07, 6.45) is 15.4. The molecule has 2 saturated carbocycles. The Labute approximate surface area is 123 Å². The van der Waals surface area contributed by atoms with E-state index in [-0.39, 0.29) is 0 Å². The zero-order valence-electron chi connectivity index (χ0n) is 12.7. The number of hydrogen-bond donors (Lipinski definition) is 2. The van der Waals surface area contributed by atoms with Gasteiger partial charge in [0.1, 0.15) is 0 Å². The van der Waals surface area contributed by atoms with Crippen LogP contribution in [0.4, 0.5) is 11.4 Å². The highest BCUT2D eigenvalue weighted by atomic mass is 14.6. The Bertz CT molecular complexity index is 323. The molecule has 2 aliphatic carbocycles. The highest BCUT2D eigenvalue weighted by Gasteiger charge is 2.24. The lowest BCUT2D eigenvalue weighted by molar-refractivity contribution is 0.196. The molecule has 112 valence electrons. The first-order chi connectivity index (χ1) is 9.75. The number of nitrogens with two attached hydrogens (primary N) is 2. The van der Waals surface area contributed by atoms with Crippen LogP contribution >= 0.6 is 0 Å². The second-order valence-electron chi connectivity index (χ2n) is 6.46. The van der Waals surface area contributed by atoms with Gasteiger partial charge in [0, 0.05) is 11.4 Å². The zero-order chi connectivity index (χ0) is 14.2. The van der Waals surface area contributed by atoms with Crippen LogP contribution in [0.5, 0.6) is 0 Å². The van der Waals surface area contributed by atoms with Crippen molar-refractivity contribution < 1.29 is 0 Å². The molecular formula is C18H30N2. The van der Waals surface area contributed by atoms with Crippen LogP contribution in [0.25, 0.3) is 0 Å². The third-order valence-electron chi connectivity index (χ3n) is 4.90. The minimum atomic E-state index is 0.749. The molecule has 0 radical (unpaired) electrons. The van der Waals surface area contributed by atoms with Gasteiger partial charge in [-0.05, 0) is 36.1 Å². The number of benzene rings is 1. The average Bonchev–Trinajstić information content (AvgIpc) is 2.53. The first-order valence-electron chi connectivity index (χ1n) is 8.37. The Morgan fingerprint density at radius 2 is 0.850 bits per heavy atom. The van der Waals surface area contributed by atoms with Crippen molar-refractivity contribution in [3.63, 3.8) is 0 Å². The summed E-state index contributed by atoms with van der Waals surface area (Å²) >= 11 is 0. The van der Waals surface area contributed by atoms with Gasteiger partial charge in [0.25, 0.3) is 0 Å². The third-order valence-corrected chi connectivity index (χ3v) is 4.90. The molecule has 0 aliphatic heterocycles. The number of rotatable bonds is 1. The van der Waals surface area contributed by atoms with E-state index in [9.17, 15) is 0 Å². The monoisotopic (exact) mass is 274 g/mol. The Morgan fingerprint density at radius 1 is 0.550 bits per heavy atom. The maximum atomic E-state index is 5.37. The first kappa shape index (κ1) is 15.2. The second-order valence-corrected chi connectivity index (χ2v) is 6.46. The molecule has 2 aliphatic rings. The quantitative estimate of drug-likeness (QED) is 0.708. The standard InChI is InChI=1S/C12H22.C6H8N2/c1-3-7-11(8-4-1)12-9-5-2-6-10-12;7-5-1-2-6(8)4-3-5/h11-12H,1-10H2;1-4H,7-8H2. The summed E-state index contributed by atoms with van der Waals surface area (Å²) in [6.45, 7) is 0. The van der Waals surface area contributed by atoms with Crippen LogP contribution in [0.1, 0.15) is 64.2 Å². The maximum absolute atomic E-state index is 5.37. The number of nitrogen functional groups attached to an aromatic ring is 2. The van der Waals surface area contributed by atoms with E-state index in [0.717, 1.165) is 23.2 Å². The molecule has 0 spiro atoms. The van der Waals surface area contributed by atoms with Crippen LogP contribution in [-0.2, 0) is 0 Å². The van der Waals surface area contributed by atoms with Gasteiger partial charge in [-0.3, -0.25) is 0 Å². The van der Waals surface area contributed by atoms with Crippen molar-refractivity contribution in [3.05, 3.63) is 24.3 Å².